The van der Waals surface area contributed by atoms with Gasteiger partial charge in [-0.05, 0) is 18.1 Å². The van der Waals surface area contributed by atoms with Crippen LogP contribution in [-0.2, 0) is 11.2 Å². The molecule has 1 spiro atoms. The monoisotopic (exact) mass is 232 g/mol. The van der Waals surface area contributed by atoms with Crippen molar-refractivity contribution < 1.29 is 9.13 Å². The maximum Gasteiger partial charge on any atom is 0.147 e. The predicted octanol–water partition coefficient (Wildman–Crippen LogP) is 2.02. The van der Waals surface area contributed by atoms with Crippen LogP contribution in [0, 0.1) is 11.3 Å². The molecule has 3 rings (SSSR count). The van der Waals surface area contributed by atoms with Crippen LogP contribution in [0.3, 0.4) is 0 Å². The molecule has 2 heterocycles. The molecule has 0 amide bonds. The van der Waals surface area contributed by atoms with E-state index in [0.29, 0.717) is 25.0 Å². The van der Waals surface area contributed by atoms with Gasteiger partial charge < -0.3 is 10.1 Å². The van der Waals surface area contributed by atoms with Gasteiger partial charge >= 0.3 is 0 Å². The zero-order valence-corrected chi connectivity index (χ0v) is 9.37. The molecule has 0 bridgehead atoms. The molecule has 2 aliphatic rings. The van der Waals surface area contributed by atoms with Gasteiger partial charge in [0.25, 0.3) is 0 Å². The molecule has 0 radical (unpaired) electrons. The molecule has 2 unspecified atom stereocenters. The van der Waals surface area contributed by atoms with E-state index in [1.807, 2.05) is 12.1 Å². The van der Waals surface area contributed by atoms with Crippen LogP contribution in [0.5, 0.6) is 0 Å². The number of hydrogen-bond acceptors (Lipinski definition) is 3. The van der Waals surface area contributed by atoms with Crippen molar-refractivity contribution in [2.24, 2.45) is 0 Å². The van der Waals surface area contributed by atoms with Crippen molar-refractivity contribution in [2.45, 2.75) is 24.6 Å². The number of benzene rings is 1. The van der Waals surface area contributed by atoms with Gasteiger partial charge in [-0.1, -0.05) is 12.1 Å². The summed E-state index contributed by atoms with van der Waals surface area (Å²) in [5.74, 6) is 0. The highest BCUT2D eigenvalue weighted by molar-refractivity contribution is 5.68. The number of halogens is 1. The Labute approximate surface area is 99.2 Å². The van der Waals surface area contributed by atoms with Gasteiger partial charge in [-0.2, -0.15) is 5.26 Å². The minimum atomic E-state index is -1.02. The first kappa shape index (κ1) is 10.5. The normalized spacial score (nSPS) is 30.7. The van der Waals surface area contributed by atoms with Crippen LogP contribution in [0.25, 0.3) is 0 Å². The van der Waals surface area contributed by atoms with Gasteiger partial charge in [-0.3, -0.25) is 0 Å². The van der Waals surface area contributed by atoms with Gasteiger partial charge in [-0.15, -0.1) is 0 Å². The first-order valence-corrected chi connectivity index (χ1v) is 5.77. The van der Waals surface area contributed by atoms with Gasteiger partial charge in [0.1, 0.15) is 12.2 Å². The number of nitriles is 1. The van der Waals surface area contributed by atoms with E-state index in [0.717, 1.165) is 11.3 Å². The van der Waals surface area contributed by atoms with E-state index in [1.54, 1.807) is 6.07 Å². The van der Waals surface area contributed by atoms with Crippen LogP contribution in [-0.4, -0.2) is 24.9 Å². The van der Waals surface area contributed by atoms with Gasteiger partial charge in [-0.25, -0.2) is 4.39 Å². The maximum absolute atomic E-state index is 14.1. The fraction of sp³-hybridized carbons (Fsp3) is 0.462. The van der Waals surface area contributed by atoms with Crippen molar-refractivity contribution in [1.29, 1.82) is 5.26 Å². The van der Waals surface area contributed by atoms with Gasteiger partial charge in [0.2, 0.25) is 0 Å². The second kappa shape index (κ2) is 3.71. The predicted molar refractivity (Wildman–Crippen MR) is 61.5 cm³/mol. The molecule has 2 atom stereocenters. The van der Waals surface area contributed by atoms with E-state index in [2.05, 4.69) is 11.4 Å². The number of nitrogens with one attached hydrogen (secondary N) is 1. The Morgan fingerprint density at radius 2 is 2.41 bits per heavy atom. The van der Waals surface area contributed by atoms with Crippen molar-refractivity contribution in [3.05, 3.63) is 29.3 Å². The SMILES string of the molecule is N#Cc1cccc2c1NC1(CCOCC1F)C2. The van der Waals surface area contributed by atoms with Crippen LogP contribution in [0.2, 0.25) is 0 Å². The molecule has 3 nitrogen and oxygen atoms in total. The average molecular weight is 232 g/mol. The highest BCUT2D eigenvalue weighted by atomic mass is 19.1. The van der Waals surface area contributed by atoms with E-state index in [1.165, 1.54) is 0 Å². The molecular weight excluding hydrogens is 219 g/mol. The van der Waals surface area contributed by atoms with Crippen LogP contribution >= 0.6 is 0 Å². The Hall–Kier alpha value is -1.60. The zero-order valence-electron chi connectivity index (χ0n) is 9.37. The van der Waals surface area contributed by atoms with Crippen LogP contribution in [0.15, 0.2) is 18.2 Å². The number of fused-ring (bicyclic) bond motifs is 1. The summed E-state index contributed by atoms with van der Waals surface area (Å²) in [6, 6.07) is 7.72. The third kappa shape index (κ3) is 1.50. The number of alkyl halides is 1. The molecule has 1 saturated heterocycles. The largest absolute Gasteiger partial charge is 0.378 e. The first-order valence-electron chi connectivity index (χ1n) is 5.77. The van der Waals surface area contributed by atoms with Crippen molar-refractivity contribution >= 4 is 5.69 Å². The van der Waals surface area contributed by atoms with Crippen molar-refractivity contribution in [3.8, 4) is 6.07 Å². The van der Waals surface area contributed by atoms with E-state index < -0.39 is 11.7 Å². The minimum absolute atomic E-state index is 0.142. The Kier molecular flexibility index (Phi) is 2.30. The van der Waals surface area contributed by atoms with E-state index in [-0.39, 0.29) is 6.61 Å². The molecule has 4 heteroatoms. The quantitative estimate of drug-likeness (QED) is 0.744. The lowest BCUT2D eigenvalue weighted by Crippen LogP contribution is -2.52. The number of ether oxygens (including phenoxy) is 1. The standard InChI is InChI=1S/C13H13FN2O/c14-11-8-17-5-4-13(11)6-9-2-1-3-10(7-15)12(9)16-13/h1-3,11,16H,4-6,8H2. The number of hydrogen-bond donors (Lipinski definition) is 1. The smallest absolute Gasteiger partial charge is 0.147 e. The molecular formula is C13H13FN2O. The number of anilines is 1. The topological polar surface area (TPSA) is 45.0 Å². The zero-order chi connectivity index (χ0) is 11.9. The summed E-state index contributed by atoms with van der Waals surface area (Å²) < 4.78 is 19.2. The molecule has 0 saturated carbocycles. The summed E-state index contributed by atoms with van der Waals surface area (Å²) in [5, 5.41) is 12.3. The number of nitrogens with zero attached hydrogens (tertiary/aromatic N) is 1. The lowest BCUT2D eigenvalue weighted by molar-refractivity contribution is -0.00544. The number of para-hydroxylation sites is 1. The minimum Gasteiger partial charge on any atom is -0.378 e. The summed E-state index contributed by atoms with van der Waals surface area (Å²) in [5.41, 5.74) is 1.87. The molecule has 2 aliphatic heterocycles. The Balaban J connectivity index is 1.99. The summed E-state index contributed by atoms with van der Waals surface area (Å²) >= 11 is 0. The Morgan fingerprint density at radius 1 is 1.53 bits per heavy atom. The second-order valence-corrected chi connectivity index (χ2v) is 4.70. The number of rotatable bonds is 0. The highest BCUT2D eigenvalue weighted by Gasteiger charge is 2.46. The molecule has 17 heavy (non-hydrogen) atoms. The maximum atomic E-state index is 14.1. The fourth-order valence-electron chi connectivity index (χ4n) is 2.72. The summed E-state index contributed by atoms with van der Waals surface area (Å²) in [4.78, 5) is 0. The second-order valence-electron chi connectivity index (χ2n) is 4.70. The van der Waals surface area contributed by atoms with Gasteiger partial charge in [0.15, 0.2) is 0 Å². The van der Waals surface area contributed by atoms with Gasteiger partial charge in [0, 0.05) is 13.0 Å². The molecule has 0 aliphatic carbocycles. The van der Waals surface area contributed by atoms with Crippen LogP contribution in [0.4, 0.5) is 10.1 Å². The summed E-state index contributed by atoms with van der Waals surface area (Å²) in [7, 11) is 0. The Morgan fingerprint density at radius 3 is 3.18 bits per heavy atom. The third-order valence-electron chi connectivity index (χ3n) is 3.71. The van der Waals surface area contributed by atoms with E-state index in [9.17, 15) is 4.39 Å². The van der Waals surface area contributed by atoms with Crippen LogP contribution in [0.1, 0.15) is 17.5 Å². The fourth-order valence-corrected chi connectivity index (χ4v) is 2.72. The lowest BCUT2D eigenvalue weighted by Gasteiger charge is -2.37. The summed E-state index contributed by atoms with van der Waals surface area (Å²) in [6.07, 6.45) is 0.269. The van der Waals surface area contributed by atoms with Crippen molar-refractivity contribution in [1.82, 2.24) is 0 Å². The molecule has 0 aromatic heterocycles. The highest BCUT2D eigenvalue weighted by Crippen LogP contribution is 2.41. The van der Waals surface area contributed by atoms with E-state index >= 15 is 0 Å². The average Bonchev–Trinajstić information content (AvgIpc) is 2.72. The lowest BCUT2D eigenvalue weighted by atomic mass is 9.85. The molecule has 1 aromatic carbocycles. The van der Waals surface area contributed by atoms with Crippen molar-refractivity contribution in [3.63, 3.8) is 0 Å². The third-order valence-corrected chi connectivity index (χ3v) is 3.71. The van der Waals surface area contributed by atoms with Gasteiger partial charge in [0.05, 0.1) is 23.4 Å². The molecule has 1 N–H and O–H groups in total. The molecule has 1 aromatic rings. The molecule has 1 fully saturated rings. The van der Waals surface area contributed by atoms with E-state index in [4.69, 9.17) is 10.00 Å². The molecule has 88 valence electrons. The van der Waals surface area contributed by atoms with Crippen molar-refractivity contribution in [2.75, 3.05) is 18.5 Å². The summed E-state index contributed by atoms with van der Waals surface area (Å²) in [6.45, 7) is 0.714. The Bertz CT molecular complexity index is 497. The first-order chi connectivity index (χ1) is 8.25. The van der Waals surface area contributed by atoms with Crippen LogP contribution < -0.4 is 5.32 Å².